The second-order valence-electron chi connectivity index (χ2n) is 5.69. The smallest absolute Gasteiger partial charge is 0.263 e. The number of amides is 1. The fourth-order valence-corrected chi connectivity index (χ4v) is 3.38. The molecule has 0 bridgehead atoms. The van der Waals surface area contributed by atoms with Gasteiger partial charge in [-0.1, -0.05) is 42.8 Å². The van der Waals surface area contributed by atoms with Crippen LogP contribution in [0.5, 0.6) is 0 Å². The minimum Gasteiger partial charge on any atom is -0.397 e. The minimum atomic E-state index is -0.0821. The molecule has 0 aliphatic heterocycles. The molecule has 0 fully saturated rings. The lowest BCUT2D eigenvalue weighted by Crippen LogP contribution is -2.33. The van der Waals surface area contributed by atoms with Crippen molar-refractivity contribution in [2.45, 2.75) is 27.2 Å². The molecule has 0 saturated carbocycles. The molecule has 1 aromatic heterocycles. The Morgan fingerprint density at radius 2 is 2.15 bits per heavy atom. The summed E-state index contributed by atoms with van der Waals surface area (Å²) in [6.07, 6.45) is 1.02. The molecule has 3 N–H and O–H groups in total. The van der Waals surface area contributed by atoms with Crippen LogP contribution in [0.4, 0.5) is 5.69 Å². The van der Waals surface area contributed by atoms with Gasteiger partial charge in [0.05, 0.1) is 5.69 Å². The van der Waals surface area contributed by atoms with E-state index in [0.717, 1.165) is 21.0 Å². The highest BCUT2D eigenvalue weighted by Gasteiger charge is 2.20. The number of anilines is 1. The van der Waals surface area contributed by atoms with Crippen molar-refractivity contribution in [1.82, 2.24) is 5.32 Å². The summed E-state index contributed by atoms with van der Waals surface area (Å²) >= 11 is 4.87. The first-order chi connectivity index (χ1) is 9.34. The Morgan fingerprint density at radius 1 is 1.45 bits per heavy atom. The van der Waals surface area contributed by atoms with Crippen molar-refractivity contribution in [2.24, 2.45) is 5.41 Å². The molecule has 2 aromatic rings. The van der Waals surface area contributed by atoms with Crippen LogP contribution in [0.2, 0.25) is 0 Å². The van der Waals surface area contributed by atoms with Crippen LogP contribution in [0.25, 0.3) is 10.1 Å². The predicted octanol–water partition coefficient (Wildman–Crippen LogP) is 4.41. The molecule has 1 aromatic carbocycles. The van der Waals surface area contributed by atoms with Crippen molar-refractivity contribution in [2.75, 3.05) is 12.3 Å². The van der Waals surface area contributed by atoms with Crippen molar-refractivity contribution >= 4 is 48.9 Å². The number of carbonyl (C=O) groups excluding carboxylic acids is 1. The van der Waals surface area contributed by atoms with Gasteiger partial charge in [0.2, 0.25) is 0 Å². The SMILES string of the molecule is CCC(C)(C)CNC(=O)c1sc2cc(Br)ccc2c1N. The maximum absolute atomic E-state index is 12.3. The number of halogens is 1. The van der Waals surface area contributed by atoms with Gasteiger partial charge in [0, 0.05) is 21.1 Å². The number of carbonyl (C=O) groups is 1. The minimum absolute atomic E-state index is 0.0821. The van der Waals surface area contributed by atoms with E-state index in [9.17, 15) is 4.79 Å². The maximum atomic E-state index is 12.3. The van der Waals surface area contributed by atoms with Crippen LogP contribution in [0.1, 0.15) is 36.9 Å². The zero-order valence-corrected chi connectivity index (χ0v) is 14.3. The van der Waals surface area contributed by atoms with E-state index in [0.29, 0.717) is 17.1 Å². The van der Waals surface area contributed by atoms with E-state index >= 15 is 0 Å². The third-order valence-corrected chi connectivity index (χ3v) is 5.24. The van der Waals surface area contributed by atoms with E-state index in [4.69, 9.17) is 5.73 Å². The summed E-state index contributed by atoms with van der Waals surface area (Å²) in [6.45, 7) is 7.05. The third-order valence-electron chi connectivity index (χ3n) is 3.58. The van der Waals surface area contributed by atoms with Gasteiger partial charge in [-0.3, -0.25) is 4.79 Å². The molecular weight excluding hydrogens is 336 g/mol. The van der Waals surface area contributed by atoms with Gasteiger partial charge in [0.15, 0.2) is 0 Å². The molecule has 108 valence electrons. The zero-order valence-electron chi connectivity index (χ0n) is 11.9. The largest absolute Gasteiger partial charge is 0.397 e. The van der Waals surface area contributed by atoms with Gasteiger partial charge in [-0.2, -0.15) is 0 Å². The molecule has 0 atom stereocenters. The van der Waals surface area contributed by atoms with Crippen LogP contribution in [0.3, 0.4) is 0 Å². The first-order valence-electron chi connectivity index (χ1n) is 6.60. The van der Waals surface area contributed by atoms with Crippen LogP contribution in [-0.2, 0) is 0 Å². The maximum Gasteiger partial charge on any atom is 0.263 e. The number of nitrogen functional groups attached to an aromatic ring is 1. The second kappa shape index (κ2) is 5.74. The molecular formula is C15H19BrN2OS. The molecule has 1 amide bonds. The van der Waals surface area contributed by atoms with Gasteiger partial charge >= 0.3 is 0 Å². The van der Waals surface area contributed by atoms with Gasteiger partial charge in [0.25, 0.3) is 5.91 Å². The highest BCUT2D eigenvalue weighted by molar-refractivity contribution is 9.10. The molecule has 20 heavy (non-hydrogen) atoms. The highest BCUT2D eigenvalue weighted by atomic mass is 79.9. The van der Waals surface area contributed by atoms with Crippen LogP contribution >= 0.6 is 27.3 Å². The normalized spacial score (nSPS) is 11.8. The van der Waals surface area contributed by atoms with Crippen molar-refractivity contribution in [3.05, 3.63) is 27.5 Å². The van der Waals surface area contributed by atoms with E-state index < -0.39 is 0 Å². The van der Waals surface area contributed by atoms with E-state index in [2.05, 4.69) is 42.0 Å². The number of hydrogen-bond donors (Lipinski definition) is 2. The summed E-state index contributed by atoms with van der Waals surface area (Å²) < 4.78 is 2.02. The van der Waals surface area contributed by atoms with Crippen LogP contribution < -0.4 is 11.1 Å². The van der Waals surface area contributed by atoms with Crippen LogP contribution in [0.15, 0.2) is 22.7 Å². The van der Waals surface area contributed by atoms with Gasteiger partial charge in [0.1, 0.15) is 4.88 Å². The number of rotatable bonds is 4. The van der Waals surface area contributed by atoms with E-state index in [1.165, 1.54) is 11.3 Å². The van der Waals surface area contributed by atoms with Crippen molar-refractivity contribution < 1.29 is 4.79 Å². The van der Waals surface area contributed by atoms with Crippen molar-refractivity contribution in [1.29, 1.82) is 0 Å². The summed E-state index contributed by atoms with van der Waals surface area (Å²) in [4.78, 5) is 12.9. The molecule has 5 heteroatoms. The number of nitrogens with one attached hydrogen (secondary N) is 1. The number of hydrogen-bond acceptors (Lipinski definition) is 3. The summed E-state index contributed by atoms with van der Waals surface area (Å²) in [7, 11) is 0. The molecule has 1 heterocycles. The molecule has 0 radical (unpaired) electrons. The van der Waals surface area contributed by atoms with Gasteiger partial charge in [-0.05, 0) is 24.0 Å². The highest BCUT2D eigenvalue weighted by Crippen LogP contribution is 2.35. The standard InChI is InChI=1S/C15H19BrN2OS/c1-4-15(2,3)8-18-14(19)13-12(17)10-6-5-9(16)7-11(10)20-13/h5-7H,4,8,17H2,1-3H3,(H,18,19). The lowest BCUT2D eigenvalue weighted by molar-refractivity contribution is 0.0940. The van der Waals surface area contributed by atoms with Gasteiger partial charge in [-0.25, -0.2) is 0 Å². The lowest BCUT2D eigenvalue weighted by Gasteiger charge is -2.22. The van der Waals surface area contributed by atoms with E-state index in [1.54, 1.807) is 0 Å². The topological polar surface area (TPSA) is 55.1 Å². The molecule has 0 aliphatic rings. The summed E-state index contributed by atoms with van der Waals surface area (Å²) in [5.41, 5.74) is 6.77. The van der Waals surface area contributed by atoms with Gasteiger partial charge in [-0.15, -0.1) is 11.3 Å². The third kappa shape index (κ3) is 3.15. The Kier molecular flexibility index (Phi) is 4.39. The van der Waals surface area contributed by atoms with E-state index in [1.807, 2.05) is 18.2 Å². The molecule has 0 spiro atoms. The number of fused-ring (bicyclic) bond motifs is 1. The van der Waals surface area contributed by atoms with Gasteiger partial charge < -0.3 is 11.1 Å². The Bertz CT molecular complexity index is 649. The Hall–Kier alpha value is -1.07. The number of thiophene rings is 1. The first-order valence-corrected chi connectivity index (χ1v) is 8.21. The van der Waals surface area contributed by atoms with E-state index in [-0.39, 0.29) is 11.3 Å². The molecule has 0 aliphatic carbocycles. The molecule has 2 rings (SSSR count). The quantitative estimate of drug-likeness (QED) is 0.853. The fourth-order valence-electron chi connectivity index (χ4n) is 1.78. The van der Waals surface area contributed by atoms with Crippen LogP contribution in [-0.4, -0.2) is 12.5 Å². The Morgan fingerprint density at radius 3 is 2.80 bits per heavy atom. The lowest BCUT2D eigenvalue weighted by atomic mass is 9.90. The van der Waals surface area contributed by atoms with Crippen LogP contribution in [0, 0.1) is 5.41 Å². The van der Waals surface area contributed by atoms with Crippen molar-refractivity contribution in [3.8, 4) is 0 Å². The van der Waals surface area contributed by atoms with Crippen molar-refractivity contribution in [3.63, 3.8) is 0 Å². The Labute approximate surface area is 131 Å². The first kappa shape index (κ1) is 15.3. The second-order valence-corrected chi connectivity index (χ2v) is 7.65. The number of nitrogens with two attached hydrogens (primary N) is 1. The monoisotopic (exact) mass is 354 g/mol. The fraction of sp³-hybridized carbons (Fsp3) is 0.400. The average molecular weight is 355 g/mol. The predicted molar refractivity (Wildman–Crippen MR) is 90.3 cm³/mol. The number of benzene rings is 1. The zero-order chi connectivity index (χ0) is 14.9. The summed E-state index contributed by atoms with van der Waals surface area (Å²) in [5, 5.41) is 3.93. The molecule has 0 saturated heterocycles. The Balaban J connectivity index is 2.24. The molecule has 3 nitrogen and oxygen atoms in total. The average Bonchev–Trinajstić information content (AvgIpc) is 2.73. The molecule has 0 unspecified atom stereocenters. The summed E-state index contributed by atoms with van der Waals surface area (Å²) in [5.74, 6) is -0.0821. The summed E-state index contributed by atoms with van der Waals surface area (Å²) in [6, 6.07) is 5.87.